The minimum absolute atomic E-state index is 0.328. The molecular weight excluding hydrogens is 268 g/mol. The Balaban J connectivity index is 2.82. The Hall–Kier alpha value is -0.420. The van der Waals surface area contributed by atoms with Gasteiger partial charge in [-0.2, -0.15) is 0 Å². The van der Waals surface area contributed by atoms with Crippen LogP contribution in [0.3, 0.4) is 0 Å². The first-order valence-corrected chi connectivity index (χ1v) is 6.66. The quantitative estimate of drug-likeness (QED) is 0.875. The van der Waals surface area contributed by atoms with Crippen LogP contribution >= 0.6 is 15.9 Å². The van der Waals surface area contributed by atoms with Gasteiger partial charge in [0.05, 0.1) is 11.7 Å². The lowest BCUT2D eigenvalue weighted by Gasteiger charge is -2.21. The second kappa shape index (κ2) is 6.35. The number of rotatable bonds is 6. The van der Waals surface area contributed by atoms with Crippen molar-refractivity contribution in [1.82, 2.24) is 20.3 Å². The molecule has 4 nitrogen and oxygen atoms in total. The van der Waals surface area contributed by atoms with Crippen molar-refractivity contribution in [2.45, 2.75) is 52.1 Å². The minimum atomic E-state index is 0.328. The number of hydrogen-bond donors (Lipinski definition) is 1. The van der Waals surface area contributed by atoms with Crippen LogP contribution in [0.5, 0.6) is 0 Å². The zero-order chi connectivity index (χ0) is 12.1. The van der Waals surface area contributed by atoms with Gasteiger partial charge in [0.25, 0.3) is 0 Å². The lowest BCUT2D eigenvalue weighted by atomic mass is 10.1. The highest BCUT2D eigenvalue weighted by Crippen LogP contribution is 2.25. The number of aryl methyl sites for hydroxylation is 1. The van der Waals surface area contributed by atoms with E-state index in [1.807, 2.05) is 11.7 Å². The normalized spacial score (nSPS) is 13.4. The van der Waals surface area contributed by atoms with E-state index in [2.05, 4.69) is 52.3 Å². The molecule has 1 N–H and O–H groups in total. The van der Waals surface area contributed by atoms with Gasteiger partial charge in [0.15, 0.2) is 4.60 Å². The van der Waals surface area contributed by atoms with Gasteiger partial charge in [-0.3, -0.25) is 0 Å². The number of nitrogens with zero attached hydrogens (tertiary/aromatic N) is 3. The van der Waals surface area contributed by atoms with Crippen molar-refractivity contribution < 1.29 is 0 Å². The van der Waals surface area contributed by atoms with Crippen LogP contribution in [0.1, 0.15) is 51.8 Å². The van der Waals surface area contributed by atoms with Crippen molar-refractivity contribution >= 4 is 15.9 Å². The van der Waals surface area contributed by atoms with Gasteiger partial charge >= 0.3 is 0 Å². The van der Waals surface area contributed by atoms with E-state index in [-0.39, 0.29) is 0 Å². The van der Waals surface area contributed by atoms with E-state index in [9.17, 15) is 0 Å². The maximum atomic E-state index is 4.04. The molecular formula is C11H21BrN4. The summed E-state index contributed by atoms with van der Waals surface area (Å²) < 4.78 is 2.70. The third kappa shape index (κ3) is 3.56. The summed E-state index contributed by atoms with van der Waals surface area (Å²) in [4.78, 5) is 0. The number of halogens is 1. The Morgan fingerprint density at radius 3 is 2.56 bits per heavy atom. The molecule has 1 aromatic rings. The van der Waals surface area contributed by atoms with Crippen LogP contribution in [0.2, 0.25) is 0 Å². The molecule has 1 rings (SSSR count). The van der Waals surface area contributed by atoms with E-state index >= 15 is 0 Å². The van der Waals surface area contributed by atoms with Crippen molar-refractivity contribution in [2.24, 2.45) is 7.05 Å². The number of hydrogen-bond acceptors (Lipinski definition) is 3. The van der Waals surface area contributed by atoms with Crippen molar-refractivity contribution in [1.29, 1.82) is 0 Å². The molecule has 0 bridgehead atoms. The molecule has 0 spiro atoms. The molecule has 0 saturated carbocycles. The molecule has 0 saturated heterocycles. The molecule has 0 amide bonds. The molecule has 0 aromatic carbocycles. The van der Waals surface area contributed by atoms with Gasteiger partial charge in [-0.1, -0.05) is 38.8 Å². The zero-order valence-electron chi connectivity index (χ0n) is 10.5. The predicted octanol–water partition coefficient (Wildman–Crippen LogP) is 2.81. The summed E-state index contributed by atoms with van der Waals surface area (Å²) in [6, 6.07) is 0.790. The molecule has 0 aliphatic heterocycles. The van der Waals surface area contributed by atoms with Gasteiger partial charge in [0.1, 0.15) is 0 Å². The second-order valence-corrected chi connectivity index (χ2v) is 5.16. The highest BCUT2D eigenvalue weighted by Gasteiger charge is 2.19. The standard InChI is InChI=1S/C11H21BrN4/c1-5-6-7-9(13-8(2)3)10-11(12)14-15-16(10)4/h8-9,13H,5-7H2,1-4H3. The van der Waals surface area contributed by atoms with E-state index in [0.717, 1.165) is 16.7 Å². The van der Waals surface area contributed by atoms with Crippen molar-refractivity contribution in [3.05, 3.63) is 10.3 Å². The van der Waals surface area contributed by atoms with Crippen LogP contribution in [0.15, 0.2) is 4.60 Å². The van der Waals surface area contributed by atoms with Crippen LogP contribution in [-0.2, 0) is 7.05 Å². The lowest BCUT2D eigenvalue weighted by molar-refractivity contribution is 0.417. The van der Waals surface area contributed by atoms with E-state index < -0.39 is 0 Å². The largest absolute Gasteiger partial charge is 0.306 e. The molecule has 16 heavy (non-hydrogen) atoms. The Labute approximate surface area is 106 Å². The maximum Gasteiger partial charge on any atom is 0.153 e. The summed E-state index contributed by atoms with van der Waals surface area (Å²) in [6.07, 6.45) is 3.54. The summed E-state index contributed by atoms with van der Waals surface area (Å²) in [5.41, 5.74) is 1.14. The smallest absolute Gasteiger partial charge is 0.153 e. The van der Waals surface area contributed by atoms with Crippen LogP contribution < -0.4 is 5.32 Å². The maximum absolute atomic E-state index is 4.04. The van der Waals surface area contributed by atoms with E-state index in [1.165, 1.54) is 12.8 Å². The van der Waals surface area contributed by atoms with Crippen LogP contribution in [0.25, 0.3) is 0 Å². The average molecular weight is 289 g/mol. The molecule has 0 aliphatic carbocycles. The summed E-state index contributed by atoms with van der Waals surface area (Å²) in [6.45, 7) is 6.54. The number of unbranched alkanes of at least 4 members (excludes halogenated alkanes) is 1. The van der Waals surface area contributed by atoms with Gasteiger partial charge in [-0.05, 0) is 22.4 Å². The molecule has 1 heterocycles. The zero-order valence-corrected chi connectivity index (χ0v) is 12.1. The Morgan fingerprint density at radius 2 is 2.12 bits per heavy atom. The van der Waals surface area contributed by atoms with E-state index in [0.29, 0.717) is 12.1 Å². The minimum Gasteiger partial charge on any atom is -0.306 e. The first kappa shape index (κ1) is 13.6. The molecule has 1 aromatic heterocycles. The van der Waals surface area contributed by atoms with Crippen LogP contribution in [0, 0.1) is 0 Å². The van der Waals surface area contributed by atoms with Crippen molar-refractivity contribution in [3.63, 3.8) is 0 Å². The summed E-state index contributed by atoms with van der Waals surface area (Å²) in [5, 5.41) is 11.6. The third-order valence-electron chi connectivity index (χ3n) is 2.54. The summed E-state index contributed by atoms with van der Waals surface area (Å²) >= 11 is 3.47. The van der Waals surface area contributed by atoms with Crippen molar-refractivity contribution in [3.8, 4) is 0 Å². The Bertz CT molecular complexity index is 302. The van der Waals surface area contributed by atoms with E-state index in [4.69, 9.17) is 0 Å². The highest BCUT2D eigenvalue weighted by molar-refractivity contribution is 9.10. The van der Waals surface area contributed by atoms with E-state index in [1.54, 1.807) is 0 Å². The fourth-order valence-corrected chi connectivity index (χ4v) is 2.42. The summed E-state index contributed by atoms with van der Waals surface area (Å²) in [5.74, 6) is 0. The number of nitrogens with one attached hydrogen (secondary N) is 1. The first-order chi connectivity index (χ1) is 7.56. The molecule has 92 valence electrons. The van der Waals surface area contributed by atoms with Gasteiger partial charge in [0.2, 0.25) is 0 Å². The predicted molar refractivity (Wildman–Crippen MR) is 69.2 cm³/mol. The molecule has 5 heteroatoms. The molecule has 0 fully saturated rings. The van der Waals surface area contributed by atoms with Crippen LogP contribution in [0.4, 0.5) is 0 Å². The fraction of sp³-hybridized carbons (Fsp3) is 0.818. The second-order valence-electron chi connectivity index (χ2n) is 4.41. The van der Waals surface area contributed by atoms with Gasteiger partial charge in [-0.25, -0.2) is 4.68 Å². The average Bonchev–Trinajstić information content (AvgIpc) is 2.53. The molecule has 1 atom stereocenters. The van der Waals surface area contributed by atoms with Gasteiger partial charge in [0, 0.05) is 13.1 Å². The van der Waals surface area contributed by atoms with Gasteiger partial charge < -0.3 is 5.32 Å². The van der Waals surface area contributed by atoms with Gasteiger partial charge in [-0.15, -0.1) is 5.10 Å². The lowest BCUT2D eigenvalue weighted by Crippen LogP contribution is -2.29. The van der Waals surface area contributed by atoms with Crippen LogP contribution in [-0.4, -0.2) is 21.0 Å². The Kier molecular flexibility index (Phi) is 5.41. The first-order valence-electron chi connectivity index (χ1n) is 5.87. The molecule has 0 radical (unpaired) electrons. The third-order valence-corrected chi connectivity index (χ3v) is 3.10. The monoisotopic (exact) mass is 288 g/mol. The fourth-order valence-electron chi connectivity index (χ4n) is 1.82. The summed E-state index contributed by atoms with van der Waals surface area (Å²) in [7, 11) is 1.94. The molecule has 0 aliphatic rings. The Morgan fingerprint density at radius 1 is 1.44 bits per heavy atom. The topological polar surface area (TPSA) is 42.7 Å². The SMILES string of the molecule is CCCCC(NC(C)C)c1c(Br)nnn1C. The van der Waals surface area contributed by atoms with Crippen molar-refractivity contribution in [2.75, 3.05) is 0 Å². The number of aromatic nitrogens is 3. The highest BCUT2D eigenvalue weighted by atomic mass is 79.9. The molecule has 1 unspecified atom stereocenters.